The van der Waals surface area contributed by atoms with Gasteiger partial charge in [0.25, 0.3) is 10.0 Å². The molecule has 11 heteroatoms. The fourth-order valence-corrected chi connectivity index (χ4v) is 6.10. The number of hydrogen-bond donors (Lipinski definition) is 1. The van der Waals surface area contributed by atoms with E-state index in [0.717, 1.165) is 11.3 Å². The summed E-state index contributed by atoms with van der Waals surface area (Å²) in [5.41, 5.74) is 1.04. The standard InChI is InChI=1S/C19H19FN4O4S2/c1-12-21-18(23-28-12)14-9-17(29-11-14)30(26,27)24-8-2-3-13(10-24)19(25)22-16-6-4-15(20)5-7-16/h4-7,9,11,13H,2-3,8,10H2,1H3,(H,22,25). The van der Waals surface area contributed by atoms with Gasteiger partial charge in [-0.15, -0.1) is 11.3 Å². The van der Waals surface area contributed by atoms with Crippen LogP contribution < -0.4 is 5.32 Å². The summed E-state index contributed by atoms with van der Waals surface area (Å²) in [4.78, 5) is 16.7. The summed E-state index contributed by atoms with van der Waals surface area (Å²) in [6.45, 7) is 2.09. The van der Waals surface area contributed by atoms with Gasteiger partial charge in [0.1, 0.15) is 10.0 Å². The third-order valence-corrected chi connectivity index (χ3v) is 8.10. The second-order valence-electron chi connectivity index (χ2n) is 6.99. The van der Waals surface area contributed by atoms with Gasteiger partial charge in [-0.05, 0) is 43.2 Å². The quantitative estimate of drug-likeness (QED) is 0.640. The number of thiophene rings is 1. The fraction of sp³-hybridized carbons (Fsp3) is 0.316. The largest absolute Gasteiger partial charge is 0.339 e. The zero-order valence-electron chi connectivity index (χ0n) is 16.0. The van der Waals surface area contributed by atoms with Gasteiger partial charge in [0.15, 0.2) is 0 Å². The second-order valence-corrected chi connectivity index (χ2v) is 10.1. The van der Waals surface area contributed by atoms with Crippen molar-refractivity contribution < 1.29 is 22.1 Å². The lowest BCUT2D eigenvalue weighted by Crippen LogP contribution is -2.43. The van der Waals surface area contributed by atoms with Gasteiger partial charge in [-0.2, -0.15) is 9.29 Å². The number of carbonyl (C=O) groups excluding carboxylic acids is 1. The summed E-state index contributed by atoms with van der Waals surface area (Å²) >= 11 is 1.08. The molecule has 1 fully saturated rings. The molecule has 3 aromatic rings. The van der Waals surface area contributed by atoms with Gasteiger partial charge in [0.05, 0.1) is 5.92 Å². The van der Waals surface area contributed by atoms with Crippen LogP contribution in [0.2, 0.25) is 0 Å². The summed E-state index contributed by atoms with van der Waals surface area (Å²) in [6.07, 6.45) is 1.15. The van der Waals surface area contributed by atoms with Crippen LogP contribution in [0.25, 0.3) is 11.4 Å². The van der Waals surface area contributed by atoms with E-state index in [0.29, 0.717) is 42.4 Å². The van der Waals surface area contributed by atoms with Gasteiger partial charge in [0, 0.05) is 36.6 Å². The number of piperidine rings is 1. The summed E-state index contributed by atoms with van der Waals surface area (Å²) in [7, 11) is -3.75. The van der Waals surface area contributed by atoms with Crippen LogP contribution >= 0.6 is 11.3 Å². The molecule has 158 valence electrons. The number of halogens is 1. The van der Waals surface area contributed by atoms with Crippen LogP contribution in [0.5, 0.6) is 0 Å². The molecule has 2 aromatic heterocycles. The van der Waals surface area contributed by atoms with Crippen molar-refractivity contribution in [1.82, 2.24) is 14.4 Å². The fourth-order valence-electron chi connectivity index (χ4n) is 3.27. The van der Waals surface area contributed by atoms with Crippen LogP contribution in [-0.2, 0) is 14.8 Å². The highest BCUT2D eigenvalue weighted by molar-refractivity contribution is 7.91. The van der Waals surface area contributed by atoms with Gasteiger partial charge in [0.2, 0.25) is 17.6 Å². The zero-order chi connectivity index (χ0) is 21.3. The molecule has 1 aliphatic heterocycles. The molecule has 30 heavy (non-hydrogen) atoms. The van der Waals surface area contributed by atoms with Gasteiger partial charge in [-0.25, -0.2) is 12.8 Å². The first-order chi connectivity index (χ1) is 14.3. The molecule has 4 rings (SSSR count). The van der Waals surface area contributed by atoms with Crippen molar-refractivity contribution in [3.63, 3.8) is 0 Å². The van der Waals surface area contributed by atoms with E-state index >= 15 is 0 Å². The molecule has 1 unspecified atom stereocenters. The molecule has 1 atom stereocenters. The first-order valence-corrected chi connectivity index (χ1v) is 11.6. The highest BCUT2D eigenvalue weighted by Crippen LogP contribution is 2.31. The van der Waals surface area contributed by atoms with E-state index in [2.05, 4.69) is 15.5 Å². The molecule has 0 aliphatic carbocycles. The Balaban J connectivity index is 1.47. The number of aryl methyl sites for hydroxylation is 1. The molecule has 1 N–H and O–H groups in total. The predicted molar refractivity (Wildman–Crippen MR) is 109 cm³/mol. The number of aromatic nitrogens is 2. The molecule has 1 aliphatic rings. The molecule has 3 heterocycles. The van der Waals surface area contributed by atoms with Crippen molar-refractivity contribution in [2.24, 2.45) is 5.92 Å². The minimum atomic E-state index is -3.75. The first kappa shape index (κ1) is 20.6. The highest BCUT2D eigenvalue weighted by Gasteiger charge is 2.34. The molecule has 1 saturated heterocycles. The maximum atomic E-state index is 13.1. The zero-order valence-corrected chi connectivity index (χ0v) is 17.7. The highest BCUT2D eigenvalue weighted by atomic mass is 32.2. The van der Waals surface area contributed by atoms with Crippen molar-refractivity contribution >= 4 is 33.0 Å². The molecule has 0 bridgehead atoms. The summed E-state index contributed by atoms with van der Waals surface area (Å²) in [6, 6.07) is 6.97. The van der Waals surface area contributed by atoms with Gasteiger partial charge >= 0.3 is 0 Å². The minimum absolute atomic E-state index is 0.0872. The van der Waals surface area contributed by atoms with Crippen LogP contribution in [0.1, 0.15) is 18.7 Å². The van der Waals surface area contributed by atoms with Crippen LogP contribution in [-0.4, -0.2) is 41.9 Å². The molecule has 1 aromatic carbocycles. The van der Waals surface area contributed by atoms with Crippen LogP contribution in [0.3, 0.4) is 0 Å². The van der Waals surface area contributed by atoms with E-state index in [1.807, 2.05) is 0 Å². The monoisotopic (exact) mass is 450 g/mol. The molecule has 0 saturated carbocycles. The Labute approximate surface area is 176 Å². The molecule has 1 amide bonds. The number of benzene rings is 1. The van der Waals surface area contributed by atoms with E-state index < -0.39 is 21.8 Å². The number of carbonyl (C=O) groups is 1. The van der Waals surface area contributed by atoms with Crippen molar-refractivity contribution in [2.45, 2.75) is 24.0 Å². The van der Waals surface area contributed by atoms with Crippen molar-refractivity contribution in [3.8, 4) is 11.4 Å². The Hall–Kier alpha value is -2.63. The maximum absolute atomic E-state index is 13.1. The van der Waals surface area contributed by atoms with Gasteiger partial charge in [-0.1, -0.05) is 5.16 Å². The molecule has 8 nitrogen and oxygen atoms in total. The molecule has 0 spiro atoms. The van der Waals surface area contributed by atoms with E-state index in [9.17, 15) is 17.6 Å². The number of rotatable bonds is 5. The molecular formula is C19H19FN4O4S2. The Morgan fingerprint density at radius 1 is 1.33 bits per heavy atom. The average molecular weight is 451 g/mol. The predicted octanol–water partition coefficient (Wildman–Crippen LogP) is 3.29. The third kappa shape index (κ3) is 4.27. The number of sulfonamides is 1. The minimum Gasteiger partial charge on any atom is -0.339 e. The Bertz CT molecular complexity index is 1160. The molecular weight excluding hydrogens is 431 g/mol. The van der Waals surface area contributed by atoms with Crippen LogP contribution in [0, 0.1) is 18.7 Å². The van der Waals surface area contributed by atoms with E-state index in [4.69, 9.17) is 4.52 Å². The Morgan fingerprint density at radius 2 is 2.10 bits per heavy atom. The van der Waals surface area contributed by atoms with Crippen LogP contribution in [0.4, 0.5) is 10.1 Å². The SMILES string of the molecule is Cc1nc(-c2csc(S(=O)(=O)N3CCCC(C(=O)Nc4ccc(F)cc4)C3)c2)no1. The number of nitrogens with one attached hydrogen (secondary N) is 1. The Kier molecular flexibility index (Phi) is 5.67. The van der Waals surface area contributed by atoms with Crippen molar-refractivity contribution in [2.75, 3.05) is 18.4 Å². The lowest BCUT2D eigenvalue weighted by molar-refractivity contribution is -0.120. The van der Waals surface area contributed by atoms with Crippen LogP contribution in [0.15, 0.2) is 44.4 Å². The summed E-state index contributed by atoms with van der Waals surface area (Å²) in [5, 5.41) is 8.20. The normalized spacial score (nSPS) is 17.7. The van der Waals surface area contributed by atoms with E-state index in [1.165, 1.54) is 34.6 Å². The lowest BCUT2D eigenvalue weighted by Gasteiger charge is -2.30. The number of amides is 1. The van der Waals surface area contributed by atoms with Crippen molar-refractivity contribution in [3.05, 3.63) is 47.4 Å². The third-order valence-electron chi connectivity index (χ3n) is 4.82. The van der Waals surface area contributed by atoms with Gasteiger partial charge < -0.3 is 9.84 Å². The summed E-state index contributed by atoms with van der Waals surface area (Å²) < 4.78 is 45.7. The number of nitrogens with zero attached hydrogens (tertiary/aromatic N) is 3. The maximum Gasteiger partial charge on any atom is 0.252 e. The lowest BCUT2D eigenvalue weighted by atomic mass is 9.99. The van der Waals surface area contributed by atoms with Gasteiger partial charge in [-0.3, -0.25) is 4.79 Å². The number of hydrogen-bond acceptors (Lipinski definition) is 7. The smallest absolute Gasteiger partial charge is 0.252 e. The van der Waals surface area contributed by atoms with E-state index in [-0.39, 0.29) is 16.7 Å². The molecule has 0 radical (unpaired) electrons. The van der Waals surface area contributed by atoms with Crippen molar-refractivity contribution in [1.29, 1.82) is 0 Å². The van der Waals surface area contributed by atoms with E-state index in [1.54, 1.807) is 12.3 Å². The number of anilines is 1. The Morgan fingerprint density at radius 3 is 2.80 bits per heavy atom. The summed E-state index contributed by atoms with van der Waals surface area (Å²) in [5.74, 6) is -0.435. The average Bonchev–Trinajstić information content (AvgIpc) is 3.39. The second kappa shape index (κ2) is 8.25. The topological polar surface area (TPSA) is 105 Å². The first-order valence-electron chi connectivity index (χ1n) is 9.29.